The molecule has 0 spiro atoms. The topological polar surface area (TPSA) is 66.7 Å². The van der Waals surface area contributed by atoms with E-state index in [1.54, 1.807) is 33.1 Å². The molecule has 1 aromatic rings. The maximum absolute atomic E-state index is 11.7. The Balaban J connectivity index is 3.21. The molecule has 0 saturated carbocycles. The quantitative estimate of drug-likeness (QED) is 0.595. The molecule has 0 aromatic carbocycles. The number of amides is 1. The summed E-state index contributed by atoms with van der Waals surface area (Å²) in [6.07, 6.45) is 0. The molecular formula is C9H13N3O3S. The molecule has 1 rings (SSSR count). The van der Waals surface area contributed by atoms with Gasteiger partial charge in [0.1, 0.15) is 4.88 Å². The molecule has 0 N–H and O–H groups in total. The average molecular weight is 243 g/mol. The van der Waals surface area contributed by atoms with Crippen molar-refractivity contribution in [2.45, 2.75) is 0 Å². The number of thiophene rings is 1. The Morgan fingerprint density at radius 3 is 2.25 bits per heavy atom. The van der Waals surface area contributed by atoms with Gasteiger partial charge in [0, 0.05) is 34.3 Å². The van der Waals surface area contributed by atoms with Crippen LogP contribution in [0.3, 0.4) is 0 Å². The third kappa shape index (κ3) is 2.30. The van der Waals surface area contributed by atoms with Crippen LogP contribution in [0, 0.1) is 10.1 Å². The summed E-state index contributed by atoms with van der Waals surface area (Å²) in [5.74, 6) is -0.221. The summed E-state index contributed by atoms with van der Waals surface area (Å²) in [5, 5.41) is 11.3. The van der Waals surface area contributed by atoms with Crippen molar-refractivity contribution in [1.82, 2.24) is 4.90 Å². The van der Waals surface area contributed by atoms with E-state index in [0.717, 1.165) is 11.3 Å². The van der Waals surface area contributed by atoms with Crippen LogP contribution in [0.4, 0.5) is 10.7 Å². The van der Waals surface area contributed by atoms with Gasteiger partial charge in [-0.15, -0.1) is 11.3 Å². The number of hydrogen-bond acceptors (Lipinski definition) is 5. The molecule has 0 aliphatic rings. The minimum absolute atomic E-state index is 0.0276. The van der Waals surface area contributed by atoms with Crippen LogP contribution in [-0.2, 0) is 0 Å². The highest BCUT2D eigenvalue weighted by atomic mass is 32.1. The van der Waals surface area contributed by atoms with E-state index in [1.165, 1.54) is 11.0 Å². The van der Waals surface area contributed by atoms with E-state index in [1.807, 2.05) is 0 Å². The highest BCUT2D eigenvalue weighted by Crippen LogP contribution is 2.36. The largest absolute Gasteiger partial charge is 0.364 e. The van der Waals surface area contributed by atoms with Crippen molar-refractivity contribution in [3.63, 3.8) is 0 Å². The number of carbonyl (C=O) groups is 1. The SMILES string of the molecule is CN(C)C(=O)c1cc([N+](=O)[O-])c(N(C)C)s1. The van der Waals surface area contributed by atoms with Gasteiger partial charge in [0.15, 0.2) is 5.00 Å². The lowest BCUT2D eigenvalue weighted by molar-refractivity contribution is -0.383. The van der Waals surface area contributed by atoms with E-state index in [0.29, 0.717) is 9.88 Å². The van der Waals surface area contributed by atoms with Crippen LogP contribution in [-0.4, -0.2) is 43.9 Å². The average Bonchev–Trinajstić information content (AvgIpc) is 2.60. The van der Waals surface area contributed by atoms with Gasteiger partial charge in [-0.25, -0.2) is 0 Å². The fourth-order valence-electron chi connectivity index (χ4n) is 1.15. The van der Waals surface area contributed by atoms with Gasteiger partial charge in [-0.1, -0.05) is 0 Å². The first-order chi connectivity index (χ1) is 7.34. The summed E-state index contributed by atoms with van der Waals surface area (Å²) >= 11 is 1.13. The van der Waals surface area contributed by atoms with Crippen molar-refractivity contribution in [3.05, 3.63) is 21.1 Å². The van der Waals surface area contributed by atoms with E-state index >= 15 is 0 Å². The predicted octanol–water partition coefficient (Wildman–Crippen LogP) is 1.42. The molecule has 0 atom stereocenters. The first-order valence-electron chi connectivity index (χ1n) is 4.51. The molecular weight excluding hydrogens is 230 g/mol. The minimum atomic E-state index is -0.474. The van der Waals surface area contributed by atoms with Crippen LogP contribution >= 0.6 is 11.3 Å². The summed E-state index contributed by atoms with van der Waals surface area (Å²) in [6.45, 7) is 0. The maximum Gasteiger partial charge on any atom is 0.304 e. The first-order valence-corrected chi connectivity index (χ1v) is 5.33. The van der Waals surface area contributed by atoms with Crippen molar-refractivity contribution in [3.8, 4) is 0 Å². The standard InChI is InChI=1S/C9H13N3O3S/c1-10(2)8(13)7-5-6(12(14)15)9(16-7)11(3)4/h5H,1-4H3. The lowest BCUT2D eigenvalue weighted by Crippen LogP contribution is -2.20. The van der Waals surface area contributed by atoms with Gasteiger partial charge < -0.3 is 9.80 Å². The second-order valence-electron chi connectivity index (χ2n) is 3.65. The number of hydrogen-bond donors (Lipinski definition) is 0. The first kappa shape index (κ1) is 12.4. The molecule has 0 fully saturated rings. The van der Waals surface area contributed by atoms with E-state index in [2.05, 4.69) is 0 Å². The number of rotatable bonds is 3. The molecule has 0 unspecified atom stereocenters. The van der Waals surface area contributed by atoms with E-state index < -0.39 is 4.92 Å². The lowest BCUT2D eigenvalue weighted by Gasteiger charge is -2.08. The van der Waals surface area contributed by atoms with Crippen molar-refractivity contribution in [2.75, 3.05) is 33.1 Å². The minimum Gasteiger partial charge on any atom is -0.364 e. The Kier molecular flexibility index (Phi) is 3.48. The lowest BCUT2D eigenvalue weighted by atomic mass is 10.4. The zero-order chi connectivity index (χ0) is 12.5. The molecule has 7 heteroatoms. The van der Waals surface area contributed by atoms with Crippen molar-refractivity contribution >= 4 is 27.9 Å². The van der Waals surface area contributed by atoms with E-state index in [-0.39, 0.29) is 11.6 Å². The van der Waals surface area contributed by atoms with Gasteiger partial charge in [0.25, 0.3) is 5.91 Å². The number of carbonyl (C=O) groups excluding carboxylic acids is 1. The Bertz CT molecular complexity index is 426. The van der Waals surface area contributed by atoms with Gasteiger partial charge in [-0.3, -0.25) is 14.9 Å². The van der Waals surface area contributed by atoms with Crippen LogP contribution in [0.5, 0.6) is 0 Å². The van der Waals surface area contributed by atoms with Crippen molar-refractivity contribution in [1.29, 1.82) is 0 Å². The molecule has 1 amide bonds. The molecule has 88 valence electrons. The number of nitrogens with zero attached hydrogens (tertiary/aromatic N) is 3. The normalized spacial score (nSPS) is 10.0. The van der Waals surface area contributed by atoms with Crippen LogP contribution < -0.4 is 4.90 Å². The maximum atomic E-state index is 11.7. The fourth-order valence-corrected chi connectivity index (χ4v) is 2.22. The summed E-state index contributed by atoms with van der Waals surface area (Å²) in [6, 6.07) is 1.32. The van der Waals surface area contributed by atoms with Gasteiger partial charge in [-0.05, 0) is 0 Å². The summed E-state index contributed by atoms with van der Waals surface area (Å²) < 4.78 is 0. The third-order valence-corrected chi connectivity index (χ3v) is 3.19. The zero-order valence-electron chi connectivity index (χ0n) is 9.55. The van der Waals surface area contributed by atoms with Gasteiger partial charge in [-0.2, -0.15) is 0 Å². The van der Waals surface area contributed by atoms with E-state index in [9.17, 15) is 14.9 Å². The summed E-state index contributed by atoms with van der Waals surface area (Å²) in [4.78, 5) is 25.4. The molecule has 0 saturated heterocycles. The number of anilines is 1. The molecule has 0 aliphatic carbocycles. The van der Waals surface area contributed by atoms with Gasteiger partial charge in [0.2, 0.25) is 0 Å². The van der Waals surface area contributed by atoms with Crippen LogP contribution in [0.25, 0.3) is 0 Å². The molecule has 0 radical (unpaired) electrons. The Hall–Kier alpha value is -1.63. The Morgan fingerprint density at radius 1 is 1.38 bits per heavy atom. The van der Waals surface area contributed by atoms with Gasteiger partial charge in [0.05, 0.1) is 4.92 Å². The van der Waals surface area contributed by atoms with Crippen molar-refractivity contribution in [2.24, 2.45) is 0 Å². The predicted molar refractivity (Wildman–Crippen MR) is 63.3 cm³/mol. The summed E-state index contributed by atoms with van der Waals surface area (Å²) in [7, 11) is 6.65. The van der Waals surface area contributed by atoms with Crippen LogP contribution in [0.1, 0.15) is 9.67 Å². The molecule has 0 aliphatic heterocycles. The summed E-state index contributed by atoms with van der Waals surface area (Å²) in [5.41, 5.74) is -0.0276. The zero-order valence-corrected chi connectivity index (χ0v) is 10.4. The molecule has 1 heterocycles. The number of nitro groups is 1. The monoisotopic (exact) mass is 243 g/mol. The molecule has 1 aromatic heterocycles. The third-order valence-electron chi connectivity index (χ3n) is 1.91. The molecule has 6 nitrogen and oxygen atoms in total. The highest BCUT2D eigenvalue weighted by Gasteiger charge is 2.24. The highest BCUT2D eigenvalue weighted by molar-refractivity contribution is 7.18. The Labute approximate surface area is 97.2 Å². The second kappa shape index (κ2) is 4.48. The van der Waals surface area contributed by atoms with Crippen LogP contribution in [0.2, 0.25) is 0 Å². The van der Waals surface area contributed by atoms with Gasteiger partial charge >= 0.3 is 5.69 Å². The second-order valence-corrected chi connectivity index (χ2v) is 4.68. The van der Waals surface area contributed by atoms with Crippen molar-refractivity contribution < 1.29 is 9.72 Å². The molecule has 16 heavy (non-hydrogen) atoms. The smallest absolute Gasteiger partial charge is 0.304 e. The fraction of sp³-hybridized carbons (Fsp3) is 0.444. The molecule has 0 bridgehead atoms. The Morgan fingerprint density at radius 2 is 1.94 bits per heavy atom. The van der Waals surface area contributed by atoms with Crippen LogP contribution in [0.15, 0.2) is 6.07 Å². The van der Waals surface area contributed by atoms with E-state index in [4.69, 9.17) is 0 Å².